The van der Waals surface area contributed by atoms with E-state index >= 15 is 0 Å². The lowest BCUT2D eigenvalue weighted by Gasteiger charge is -2.47. The summed E-state index contributed by atoms with van der Waals surface area (Å²) >= 11 is 3.17. The molecule has 0 saturated carbocycles. The number of hydrogen-bond donors (Lipinski definition) is 2. The molecule has 1 fully saturated rings. The van der Waals surface area contributed by atoms with Gasteiger partial charge in [0.2, 0.25) is 0 Å². The van der Waals surface area contributed by atoms with Gasteiger partial charge in [0.1, 0.15) is 0 Å². The van der Waals surface area contributed by atoms with Crippen molar-refractivity contribution >= 4 is 21.8 Å². The summed E-state index contributed by atoms with van der Waals surface area (Å²) in [5.41, 5.74) is -0.158. The molecule has 2 heterocycles. The zero-order valence-corrected chi connectivity index (χ0v) is 13.1. The van der Waals surface area contributed by atoms with Crippen molar-refractivity contribution in [1.29, 1.82) is 0 Å². The van der Waals surface area contributed by atoms with Crippen LogP contribution in [0.2, 0.25) is 0 Å². The van der Waals surface area contributed by atoms with E-state index in [4.69, 9.17) is 9.15 Å². The summed E-state index contributed by atoms with van der Waals surface area (Å²) in [5, 5.41) is 12.6. The van der Waals surface area contributed by atoms with Crippen LogP contribution in [0.1, 0.15) is 17.3 Å². The second-order valence-electron chi connectivity index (χ2n) is 5.15. The summed E-state index contributed by atoms with van der Waals surface area (Å²) in [7, 11) is 1.93. The van der Waals surface area contributed by atoms with E-state index in [2.05, 4.69) is 26.1 Å². The summed E-state index contributed by atoms with van der Waals surface area (Å²) in [6.45, 7) is 3.26. The van der Waals surface area contributed by atoms with Crippen molar-refractivity contribution in [2.75, 3.05) is 33.4 Å². The minimum absolute atomic E-state index is 0.0827. The van der Waals surface area contributed by atoms with Gasteiger partial charge in [-0.15, -0.1) is 0 Å². The minimum atomic E-state index is -0.594. The van der Waals surface area contributed by atoms with Crippen LogP contribution in [-0.2, 0) is 4.74 Å². The molecule has 0 aromatic carbocycles. The van der Waals surface area contributed by atoms with Crippen molar-refractivity contribution in [3.05, 3.63) is 22.6 Å². The Morgan fingerprint density at radius 2 is 2.45 bits per heavy atom. The molecule has 0 radical (unpaired) electrons. The third kappa shape index (κ3) is 2.90. The van der Waals surface area contributed by atoms with Crippen LogP contribution in [0.4, 0.5) is 0 Å². The number of rotatable bonds is 4. The van der Waals surface area contributed by atoms with Crippen LogP contribution in [0.25, 0.3) is 0 Å². The Bertz CT molecular complexity index is 479. The number of hydrogen-bond acceptors (Lipinski definition) is 5. The molecule has 112 valence electrons. The van der Waals surface area contributed by atoms with Crippen LogP contribution < -0.4 is 5.32 Å². The van der Waals surface area contributed by atoms with Crippen LogP contribution >= 0.6 is 15.9 Å². The van der Waals surface area contributed by atoms with Crippen molar-refractivity contribution in [3.63, 3.8) is 0 Å². The van der Waals surface area contributed by atoms with E-state index in [1.165, 1.54) is 6.26 Å². The first-order chi connectivity index (χ1) is 9.50. The molecule has 20 heavy (non-hydrogen) atoms. The molecular weight excluding hydrogens is 328 g/mol. The molecule has 0 unspecified atom stereocenters. The number of halogens is 1. The van der Waals surface area contributed by atoms with Crippen molar-refractivity contribution in [3.8, 4) is 0 Å². The quantitative estimate of drug-likeness (QED) is 0.845. The zero-order valence-electron chi connectivity index (χ0n) is 11.6. The second kappa shape index (κ2) is 6.26. The molecule has 7 heteroatoms. The van der Waals surface area contributed by atoms with Crippen LogP contribution in [0.15, 0.2) is 21.4 Å². The Morgan fingerprint density at radius 3 is 3.05 bits per heavy atom. The molecule has 2 rings (SSSR count). The molecule has 1 aromatic heterocycles. The highest BCUT2D eigenvalue weighted by Crippen LogP contribution is 2.22. The van der Waals surface area contributed by atoms with Gasteiger partial charge in [0, 0.05) is 12.6 Å². The lowest BCUT2D eigenvalue weighted by Crippen LogP contribution is -2.65. The highest BCUT2D eigenvalue weighted by molar-refractivity contribution is 9.10. The first-order valence-electron chi connectivity index (χ1n) is 6.43. The standard InChI is InChI=1S/C13H19BrN2O4/c1-9-5-19-8-13(7-17,16(9)2)6-15-12(18)10-3-4-20-11(10)14/h3-4,9,17H,5-8H2,1-2H3,(H,15,18)/t9-,13+/m1/s1. The average Bonchev–Trinajstić information content (AvgIpc) is 2.87. The Kier molecular flexibility index (Phi) is 4.85. The van der Waals surface area contributed by atoms with Crippen molar-refractivity contribution in [2.45, 2.75) is 18.5 Å². The summed E-state index contributed by atoms with van der Waals surface area (Å²) in [6, 6.07) is 1.78. The number of aliphatic hydroxyl groups is 1. The second-order valence-corrected chi connectivity index (χ2v) is 5.87. The predicted molar refractivity (Wildman–Crippen MR) is 76.6 cm³/mol. The summed E-state index contributed by atoms with van der Waals surface area (Å²) in [4.78, 5) is 14.1. The minimum Gasteiger partial charge on any atom is -0.457 e. The molecule has 0 bridgehead atoms. The maximum absolute atomic E-state index is 12.1. The molecule has 0 aliphatic carbocycles. The number of carbonyl (C=O) groups is 1. The Hall–Kier alpha value is -0.890. The molecular formula is C13H19BrN2O4. The SMILES string of the molecule is C[C@@H]1COC[C@@](CO)(CNC(=O)c2ccoc2Br)N1C. The Balaban J connectivity index is 2.04. The zero-order chi connectivity index (χ0) is 14.8. The lowest BCUT2D eigenvalue weighted by atomic mass is 9.96. The summed E-state index contributed by atoms with van der Waals surface area (Å²) in [5.74, 6) is -0.245. The van der Waals surface area contributed by atoms with Gasteiger partial charge < -0.3 is 19.6 Å². The van der Waals surface area contributed by atoms with E-state index in [9.17, 15) is 9.90 Å². The number of nitrogens with one attached hydrogen (secondary N) is 1. The monoisotopic (exact) mass is 346 g/mol. The van der Waals surface area contributed by atoms with Crippen LogP contribution in [0.3, 0.4) is 0 Å². The van der Waals surface area contributed by atoms with Crippen LogP contribution in [0.5, 0.6) is 0 Å². The highest BCUT2D eigenvalue weighted by atomic mass is 79.9. The van der Waals surface area contributed by atoms with Gasteiger partial charge in [-0.3, -0.25) is 9.69 Å². The summed E-state index contributed by atoms with van der Waals surface area (Å²) < 4.78 is 11.0. The fraction of sp³-hybridized carbons (Fsp3) is 0.615. The van der Waals surface area contributed by atoms with E-state index in [0.717, 1.165) is 0 Å². The van der Waals surface area contributed by atoms with Gasteiger partial charge in [-0.2, -0.15) is 0 Å². The number of ether oxygens (including phenoxy) is 1. The smallest absolute Gasteiger partial charge is 0.255 e. The maximum atomic E-state index is 12.1. The van der Waals surface area contributed by atoms with Crippen LogP contribution in [0, 0.1) is 0 Å². The Morgan fingerprint density at radius 1 is 1.70 bits per heavy atom. The van der Waals surface area contributed by atoms with E-state index < -0.39 is 5.54 Å². The molecule has 0 spiro atoms. The van der Waals surface area contributed by atoms with E-state index in [1.54, 1.807) is 6.07 Å². The number of aliphatic hydroxyl groups excluding tert-OH is 1. The van der Waals surface area contributed by atoms with Gasteiger partial charge >= 0.3 is 0 Å². The van der Waals surface area contributed by atoms with E-state index in [-0.39, 0.29) is 18.6 Å². The molecule has 1 saturated heterocycles. The van der Waals surface area contributed by atoms with Gasteiger partial charge in [-0.25, -0.2) is 0 Å². The van der Waals surface area contributed by atoms with Gasteiger partial charge in [-0.05, 0) is 36.0 Å². The number of nitrogens with zero attached hydrogens (tertiary/aromatic N) is 1. The molecule has 6 nitrogen and oxygen atoms in total. The van der Waals surface area contributed by atoms with Gasteiger partial charge in [0.15, 0.2) is 4.67 Å². The molecule has 1 aliphatic rings. The molecule has 1 aromatic rings. The Labute approximate surface area is 126 Å². The van der Waals surface area contributed by atoms with Gasteiger partial charge in [-0.1, -0.05) is 0 Å². The molecule has 1 amide bonds. The topological polar surface area (TPSA) is 74.9 Å². The first-order valence-corrected chi connectivity index (χ1v) is 7.22. The van der Waals surface area contributed by atoms with Gasteiger partial charge in [0.05, 0.1) is 37.2 Å². The van der Waals surface area contributed by atoms with E-state index in [0.29, 0.717) is 30.0 Å². The number of morpholine rings is 1. The molecule has 2 N–H and O–H groups in total. The number of carbonyl (C=O) groups excluding carboxylic acids is 1. The highest BCUT2D eigenvalue weighted by Gasteiger charge is 2.40. The fourth-order valence-corrected chi connectivity index (χ4v) is 2.71. The van der Waals surface area contributed by atoms with Crippen molar-refractivity contribution in [2.24, 2.45) is 0 Å². The lowest BCUT2D eigenvalue weighted by molar-refractivity contribution is -0.105. The number of amides is 1. The number of likely N-dealkylation sites (N-methyl/N-ethyl adjacent to an activating group) is 1. The largest absolute Gasteiger partial charge is 0.457 e. The first kappa shape index (κ1) is 15.5. The van der Waals surface area contributed by atoms with E-state index in [1.807, 2.05) is 14.0 Å². The predicted octanol–water partition coefficient (Wildman–Crippen LogP) is 0.854. The number of furan rings is 1. The van der Waals surface area contributed by atoms with Gasteiger partial charge in [0.25, 0.3) is 5.91 Å². The molecule has 1 aliphatic heterocycles. The normalized spacial score (nSPS) is 27.5. The van der Waals surface area contributed by atoms with Crippen molar-refractivity contribution in [1.82, 2.24) is 10.2 Å². The van der Waals surface area contributed by atoms with Crippen LogP contribution in [-0.4, -0.2) is 60.9 Å². The molecule has 2 atom stereocenters. The third-order valence-corrected chi connectivity index (χ3v) is 4.49. The average molecular weight is 347 g/mol. The summed E-state index contributed by atoms with van der Waals surface area (Å²) in [6.07, 6.45) is 1.44. The third-order valence-electron chi connectivity index (χ3n) is 3.87. The van der Waals surface area contributed by atoms with Crippen molar-refractivity contribution < 1.29 is 19.1 Å². The maximum Gasteiger partial charge on any atom is 0.255 e. The fourth-order valence-electron chi connectivity index (χ4n) is 2.29.